The number of carboxylic acid groups (broad SMARTS) is 2. The molecular formula is C12H8O7. The highest BCUT2D eigenvalue weighted by Crippen LogP contribution is 2.04. The Kier molecular flexibility index (Phi) is 4.53. The largest absolute Gasteiger partial charge is 0.478 e. The highest BCUT2D eigenvalue weighted by Gasteiger charge is 2.10. The van der Waals surface area contributed by atoms with E-state index in [4.69, 9.17) is 10.2 Å². The van der Waals surface area contributed by atoms with E-state index in [2.05, 4.69) is 4.74 Å². The molecule has 1 aliphatic rings. The number of hydrogen-bond acceptors (Lipinski definition) is 5. The summed E-state index contributed by atoms with van der Waals surface area (Å²) in [7, 11) is 0. The number of aromatic carboxylic acids is 2. The number of benzene rings is 1. The van der Waals surface area contributed by atoms with Crippen LogP contribution in [0.4, 0.5) is 0 Å². The first kappa shape index (κ1) is 14.1. The lowest BCUT2D eigenvalue weighted by Crippen LogP contribution is -2.01. The molecule has 0 saturated heterocycles. The van der Waals surface area contributed by atoms with Gasteiger partial charge in [0.25, 0.3) is 0 Å². The van der Waals surface area contributed by atoms with Gasteiger partial charge in [0.1, 0.15) is 0 Å². The van der Waals surface area contributed by atoms with Gasteiger partial charge >= 0.3 is 23.9 Å². The van der Waals surface area contributed by atoms with Crippen LogP contribution in [0, 0.1) is 0 Å². The van der Waals surface area contributed by atoms with Crippen LogP contribution < -0.4 is 0 Å². The van der Waals surface area contributed by atoms with Crippen molar-refractivity contribution in [2.24, 2.45) is 0 Å². The predicted molar refractivity (Wildman–Crippen MR) is 60.6 cm³/mol. The third kappa shape index (κ3) is 4.43. The van der Waals surface area contributed by atoms with Crippen molar-refractivity contribution >= 4 is 23.9 Å². The van der Waals surface area contributed by atoms with Crippen LogP contribution in [0.3, 0.4) is 0 Å². The van der Waals surface area contributed by atoms with Gasteiger partial charge in [-0.3, -0.25) is 0 Å². The number of carbonyl (C=O) groups is 4. The zero-order valence-electron chi connectivity index (χ0n) is 9.40. The van der Waals surface area contributed by atoms with Crippen molar-refractivity contribution < 1.29 is 34.1 Å². The van der Waals surface area contributed by atoms with Crippen molar-refractivity contribution in [1.29, 1.82) is 0 Å². The zero-order chi connectivity index (χ0) is 14.4. The monoisotopic (exact) mass is 264 g/mol. The maximum Gasteiger partial charge on any atom is 0.338 e. The van der Waals surface area contributed by atoms with E-state index >= 15 is 0 Å². The van der Waals surface area contributed by atoms with Crippen LogP contribution >= 0.6 is 0 Å². The Bertz CT molecular complexity index is 526. The number of esters is 2. The summed E-state index contributed by atoms with van der Waals surface area (Å²) >= 11 is 0. The van der Waals surface area contributed by atoms with Crippen LogP contribution in [0.15, 0.2) is 36.4 Å². The van der Waals surface area contributed by atoms with E-state index in [1.165, 1.54) is 18.2 Å². The molecule has 0 fully saturated rings. The first-order valence-electron chi connectivity index (χ1n) is 4.90. The topological polar surface area (TPSA) is 118 Å². The predicted octanol–water partition coefficient (Wildman–Crippen LogP) is 0.709. The van der Waals surface area contributed by atoms with Crippen LogP contribution in [0.5, 0.6) is 0 Å². The Morgan fingerprint density at radius 2 is 1.32 bits per heavy atom. The number of hydrogen-bond donors (Lipinski definition) is 2. The van der Waals surface area contributed by atoms with Crippen molar-refractivity contribution in [3.8, 4) is 0 Å². The molecule has 7 heteroatoms. The Labute approximate surface area is 106 Å². The molecule has 0 bridgehead atoms. The lowest BCUT2D eigenvalue weighted by Gasteiger charge is -1.95. The minimum Gasteiger partial charge on any atom is -0.478 e. The van der Waals surface area contributed by atoms with E-state index in [1.54, 1.807) is 0 Å². The number of ether oxygens (including phenoxy) is 1. The summed E-state index contributed by atoms with van der Waals surface area (Å²) in [5, 5.41) is 17.0. The first-order valence-corrected chi connectivity index (χ1v) is 4.90. The van der Waals surface area contributed by atoms with Crippen LogP contribution in [-0.4, -0.2) is 34.1 Å². The summed E-state index contributed by atoms with van der Waals surface area (Å²) < 4.78 is 3.97. The summed E-state index contributed by atoms with van der Waals surface area (Å²) in [6.07, 6.45) is 2.17. The van der Waals surface area contributed by atoms with Gasteiger partial charge in [0, 0.05) is 12.2 Å². The second-order valence-electron chi connectivity index (χ2n) is 3.26. The molecule has 19 heavy (non-hydrogen) atoms. The molecule has 1 aromatic carbocycles. The van der Waals surface area contributed by atoms with Crippen LogP contribution in [0.25, 0.3) is 0 Å². The molecule has 7 nitrogen and oxygen atoms in total. The molecule has 1 aliphatic heterocycles. The van der Waals surface area contributed by atoms with Crippen LogP contribution in [0.1, 0.15) is 20.7 Å². The third-order valence-electron chi connectivity index (χ3n) is 1.91. The average Bonchev–Trinajstić information content (AvgIpc) is 2.74. The third-order valence-corrected chi connectivity index (χ3v) is 1.91. The molecule has 0 unspecified atom stereocenters. The molecule has 0 amide bonds. The SMILES string of the molecule is O=C(O)c1cccc(C(=O)O)c1.O=C1C=CC(=O)O1. The second kappa shape index (κ2) is 6.10. The van der Waals surface area contributed by atoms with Crippen molar-refractivity contribution in [3.05, 3.63) is 47.5 Å². The fraction of sp³-hybridized carbons (Fsp3) is 0. The van der Waals surface area contributed by atoms with Gasteiger partial charge in [-0.15, -0.1) is 0 Å². The van der Waals surface area contributed by atoms with E-state index < -0.39 is 23.9 Å². The first-order chi connectivity index (χ1) is 8.90. The standard InChI is InChI=1S/C8H6O4.C4H2O3/c9-7(10)5-2-1-3-6(4-5)8(11)12;5-3-1-2-4(6)7-3/h1-4H,(H,9,10)(H,11,12);1-2H. The fourth-order valence-electron chi connectivity index (χ4n) is 1.09. The molecule has 0 saturated carbocycles. The van der Waals surface area contributed by atoms with Gasteiger partial charge in [-0.05, 0) is 18.2 Å². The summed E-state index contributed by atoms with van der Waals surface area (Å²) in [6.45, 7) is 0. The Morgan fingerprint density at radius 3 is 1.58 bits per heavy atom. The normalized spacial score (nSPS) is 12.4. The van der Waals surface area contributed by atoms with Gasteiger partial charge < -0.3 is 14.9 Å². The minimum absolute atomic E-state index is 0.0186. The molecule has 0 spiro atoms. The summed E-state index contributed by atoms with van der Waals surface area (Å²) in [5.74, 6) is -3.41. The molecule has 0 aliphatic carbocycles. The zero-order valence-corrected chi connectivity index (χ0v) is 9.40. The van der Waals surface area contributed by atoms with Crippen molar-refractivity contribution in [2.75, 3.05) is 0 Å². The Balaban J connectivity index is 0.000000218. The van der Waals surface area contributed by atoms with Crippen molar-refractivity contribution in [3.63, 3.8) is 0 Å². The smallest absolute Gasteiger partial charge is 0.338 e. The highest BCUT2D eigenvalue weighted by molar-refractivity contribution is 6.04. The van der Waals surface area contributed by atoms with E-state index in [0.717, 1.165) is 18.2 Å². The van der Waals surface area contributed by atoms with Crippen molar-refractivity contribution in [2.45, 2.75) is 0 Å². The molecule has 1 heterocycles. The minimum atomic E-state index is -1.13. The number of carbonyl (C=O) groups excluding carboxylic acids is 2. The molecule has 2 N–H and O–H groups in total. The van der Waals surface area contributed by atoms with E-state index in [9.17, 15) is 19.2 Å². The second-order valence-corrected chi connectivity index (χ2v) is 3.26. The number of carboxylic acids is 2. The van der Waals surface area contributed by atoms with Gasteiger partial charge in [0.2, 0.25) is 0 Å². The quantitative estimate of drug-likeness (QED) is 0.596. The van der Waals surface area contributed by atoms with Gasteiger partial charge in [0.15, 0.2) is 0 Å². The molecule has 1 aromatic rings. The van der Waals surface area contributed by atoms with E-state index in [1.807, 2.05) is 0 Å². The lowest BCUT2D eigenvalue weighted by atomic mass is 10.1. The summed E-state index contributed by atoms with van der Waals surface area (Å²) in [5.41, 5.74) is -0.0372. The maximum atomic E-state index is 10.4. The van der Waals surface area contributed by atoms with E-state index in [0.29, 0.717) is 0 Å². The lowest BCUT2D eigenvalue weighted by molar-refractivity contribution is -0.150. The number of rotatable bonds is 2. The Hall–Kier alpha value is -2.96. The van der Waals surface area contributed by atoms with Crippen molar-refractivity contribution in [1.82, 2.24) is 0 Å². The summed E-state index contributed by atoms with van der Waals surface area (Å²) in [6, 6.07) is 5.20. The van der Waals surface area contributed by atoms with Gasteiger partial charge in [-0.1, -0.05) is 6.07 Å². The van der Waals surface area contributed by atoms with Crippen LogP contribution in [-0.2, 0) is 14.3 Å². The molecular weight excluding hydrogens is 256 g/mol. The average molecular weight is 264 g/mol. The number of cyclic esters (lactones) is 2. The van der Waals surface area contributed by atoms with Gasteiger partial charge in [-0.2, -0.15) is 0 Å². The Morgan fingerprint density at radius 1 is 0.895 bits per heavy atom. The van der Waals surface area contributed by atoms with Gasteiger partial charge in [0.05, 0.1) is 11.1 Å². The molecule has 0 aromatic heterocycles. The fourth-order valence-corrected chi connectivity index (χ4v) is 1.09. The van der Waals surface area contributed by atoms with Gasteiger partial charge in [-0.25, -0.2) is 19.2 Å². The summed E-state index contributed by atoms with van der Waals surface area (Å²) in [4.78, 5) is 40.6. The molecule has 0 atom stereocenters. The van der Waals surface area contributed by atoms with Crippen LogP contribution in [0.2, 0.25) is 0 Å². The maximum absolute atomic E-state index is 10.4. The molecule has 0 radical (unpaired) electrons. The van der Waals surface area contributed by atoms with E-state index in [-0.39, 0.29) is 11.1 Å². The molecule has 2 rings (SSSR count). The highest BCUT2D eigenvalue weighted by atomic mass is 16.6. The molecule has 98 valence electrons.